The summed E-state index contributed by atoms with van der Waals surface area (Å²) in [4.78, 5) is 8.20. The van der Waals surface area contributed by atoms with E-state index in [9.17, 15) is 0 Å². The van der Waals surface area contributed by atoms with E-state index in [1.807, 2.05) is 31.2 Å². The van der Waals surface area contributed by atoms with Crippen molar-refractivity contribution in [3.05, 3.63) is 52.4 Å². The van der Waals surface area contributed by atoms with Crippen molar-refractivity contribution in [2.75, 3.05) is 5.32 Å². The third-order valence-corrected chi connectivity index (χ3v) is 3.00. The van der Waals surface area contributed by atoms with Crippen molar-refractivity contribution < 1.29 is 0 Å². The van der Waals surface area contributed by atoms with Crippen molar-refractivity contribution in [3.63, 3.8) is 0 Å². The molecule has 0 aliphatic carbocycles. The second kappa shape index (κ2) is 5.07. The maximum atomic E-state index is 4.15. The fraction of sp³-hybridized carbons (Fsp3) is 0.167. The molecular formula is C12H12BrN3. The van der Waals surface area contributed by atoms with Crippen LogP contribution in [0.5, 0.6) is 0 Å². The van der Waals surface area contributed by atoms with Gasteiger partial charge in [0, 0.05) is 22.8 Å². The predicted molar refractivity (Wildman–Crippen MR) is 68.2 cm³/mol. The van der Waals surface area contributed by atoms with Crippen LogP contribution in [0.3, 0.4) is 0 Å². The van der Waals surface area contributed by atoms with E-state index in [2.05, 4.69) is 37.3 Å². The van der Waals surface area contributed by atoms with Gasteiger partial charge >= 0.3 is 0 Å². The summed E-state index contributed by atoms with van der Waals surface area (Å²) in [6.07, 6.45) is 1.57. The molecule has 82 valence electrons. The minimum absolute atomic E-state index is 0.748. The van der Waals surface area contributed by atoms with Gasteiger partial charge in [0.1, 0.15) is 12.1 Å². The van der Waals surface area contributed by atoms with Gasteiger partial charge in [0.15, 0.2) is 0 Å². The average molecular weight is 278 g/mol. The van der Waals surface area contributed by atoms with Crippen LogP contribution in [-0.4, -0.2) is 9.97 Å². The topological polar surface area (TPSA) is 37.8 Å². The number of nitrogens with one attached hydrogen (secondary N) is 1. The van der Waals surface area contributed by atoms with Gasteiger partial charge in [-0.3, -0.25) is 0 Å². The molecule has 0 radical (unpaired) electrons. The van der Waals surface area contributed by atoms with Gasteiger partial charge in [-0.1, -0.05) is 34.1 Å². The molecule has 16 heavy (non-hydrogen) atoms. The van der Waals surface area contributed by atoms with Gasteiger partial charge in [0.2, 0.25) is 0 Å². The van der Waals surface area contributed by atoms with Crippen LogP contribution in [0, 0.1) is 6.92 Å². The molecular weight excluding hydrogens is 266 g/mol. The van der Waals surface area contributed by atoms with Crippen LogP contribution in [-0.2, 0) is 6.54 Å². The van der Waals surface area contributed by atoms with Crippen LogP contribution in [0.2, 0.25) is 0 Å². The first-order valence-electron chi connectivity index (χ1n) is 5.01. The first kappa shape index (κ1) is 11.1. The molecule has 0 amide bonds. The summed E-state index contributed by atoms with van der Waals surface area (Å²) in [6.45, 7) is 2.70. The molecule has 1 aromatic heterocycles. The molecule has 0 spiro atoms. The zero-order valence-electron chi connectivity index (χ0n) is 8.94. The molecule has 4 heteroatoms. The van der Waals surface area contributed by atoms with Gasteiger partial charge in [0.25, 0.3) is 0 Å². The quantitative estimate of drug-likeness (QED) is 0.937. The molecule has 1 N–H and O–H groups in total. The largest absolute Gasteiger partial charge is 0.366 e. The van der Waals surface area contributed by atoms with E-state index in [4.69, 9.17) is 0 Å². The van der Waals surface area contributed by atoms with Crippen molar-refractivity contribution in [2.45, 2.75) is 13.5 Å². The van der Waals surface area contributed by atoms with E-state index in [1.165, 1.54) is 5.56 Å². The predicted octanol–water partition coefficient (Wildman–Crippen LogP) is 3.16. The van der Waals surface area contributed by atoms with Crippen molar-refractivity contribution in [1.29, 1.82) is 0 Å². The Morgan fingerprint density at radius 2 is 2.06 bits per heavy atom. The molecule has 1 heterocycles. The lowest BCUT2D eigenvalue weighted by Gasteiger charge is -2.07. The Hall–Kier alpha value is -1.42. The van der Waals surface area contributed by atoms with Gasteiger partial charge in [-0.25, -0.2) is 9.97 Å². The lowest BCUT2D eigenvalue weighted by Crippen LogP contribution is -2.02. The second-order valence-electron chi connectivity index (χ2n) is 3.49. The van der Waals surface area contributed by atoms with Crippen LogP contribution < -0.4 is 5.32 Å². The Morgan fingerprint density at radius 3 is 2.81 bits per heavy atom. The minimum atomic E-state index is 0.748. The first-order valence-corrected chi connectivity index (χ1v) is 5.81. The molecule has 0 bridgehead atoms. The highest BCUT2D eigenvalue weighted by Gasteiger charge is 1.99. The van der Waals surface area contributed by atoms with Crippen LogP contribution >= 0.6 is 15.9 Å². The lowest BCUT2D eigenvalue weighted by molar-refractivity contribution is 1.05. The van der Waals surface area contributed by atoms with Gasteiger partial charge in [-0.05, 0) is 18.6 Å². The first-order chi connectivity index (χ1) is 7.75. The van der Waals surface area contributed by atoms with E-state index < -0.39 is 0 Å². The van der Waals surface area contributed by atoms with Gasteiger partial charge in [0.05, 0.1) is 0 Å². The third-order valence-electron chi connectivity index (χ3n) is 2.22. The monoisotopic (exact) mass is 277 g/mol. The molecule has 0 saturated heterocycles. The Bertz CT molecular complexity index is 485. The number of aryl methyl sites for hydroxylation is 1. The molecule has 2 rings (SSSR count). The SMILES string of the molecule is Cc1cc(NCc2ccccc2Br)ncn1. The number of benzene rings is 1. The van der Waals surface area contributed by atoms with E-state index in [-0.39, 0.29) is 0 Å². The molecule has 0 unspecified atom stereocenters. The number of aromatic nitrogens is 2. The maximum Gasteiger partial charge on any atom is 0.129 e. The highest BCUT2D eigenvalue weighted by molar-refractivity contribution is 9.10. The number of anilines is 1. The molecule has 0 saturated carbocycles. The third kappa shape index (κ3) is 2.79. The summed E-state index contributed by atoms with van der Waals surface area (Å²) in [6, 6.07) is 10.1. The number of hydrogen-bond donors (Lipinski definition) is 1. The van der Waals surface area contributed by atoms with Crippen LogP contribution in [0.25, 0.3) is 0 Å². The molecule has 0 fully saturated rings. The Balaban J connectivity index is 2.05. The second-order valence-corrected chi connectivity index (χ2v) is 4.34. The summed E-state index contributed by atoms with van der Waals surface area (Å²) in [5.41, 5.74) is 2.17. The van der Waals surface area contributed by atoms with E-state index in [0.29, 0.717) is 0 Å². The standard InChI is InChI=1S/C12H12BrN3/c1-9-6-12(16-8-15-9)14-7-10-4-2-3-5-11(10)13/h2-6,8H,7H2,1H3,(H,14,15,16). The van der Waals surface area contributed by atoms with E-state index in [0.717, 1.165) is 22.5 Å². The zero-order valence-corrected chi connectivity index (χ0v) is 10.5. The number of nitrogens with zero attached hydrogens (tertiary/aromatic N) is 2. The Morgan fingerprint density at radius 1 is 1.25 bits per heavy atom. The molecule has 0 aliphatic rings. The van der Waals surface area contributed by atoms with Crippen LogP contribution in [0.15, 0.2) is 41.1 Å². The van der Waals surface area contributed by atoms with Crippen molar-refractivity contribution in [3.8, 4) is 0 Å². The van der Waals surface area contributed by atoms with Crippen molar-refractivity contribution in [1.82, 2.24) is 9.97 Å². The zero-order chi connectivity index (χ0) is 11.4. The van der Waals surface area contributed by atoms with Crippen LogP contribution in [0.1, 0.15) is 11.3 Å². The smallest absolute Gasteiger partial charge is 0.129 e. The summed E-state index contributed by atoms with van der Waals surface area (Å²) in [7, 11) is 0. The van der Waals surface area contributed by atoms with Crippen LogP contribution in [0.4, 0.5) is 5.82 Å². The van der Waals surface area contributed by atoms with Gasteiger partial charge < -0.3 is 5.32 Å². The number of rotatable bonds is 3. The molecule has 0 atom stereocenters. The molecule has 3 nitrogen and oxygen atoms in total. The normalized spacial score (nSPS) is 10.1. The maximum absolute atomic E-state index is 4.15. The van der Waals surface area contributed by atoms with Crippen molar-refractivity contribution in [2.24, 2.45) is 0 Å². The Labute approximate surface area is 103 Å². The molecule has 1 aromatic carbocycles. The van der Waals surface area contributed by atoms with Gasteiger partial charge in [-0.15, -0.1) is 0 Å². The van der Waals surface area contributed by atoms with Gasteiger partial charge in [-0.2, -0.15) is 0 Å². The summed E-state index contributed by atoms with van der Waals surface area (Å²) in [5.74, 6) is 0.850. The summed E-state index contributed by atoms with van der Waals surface area (Å²) in [5, 5.41) is 3.26. The minimum Gasteiger partial charge on any atom is -0.366 e. The number of halogens is 1. The Kier molecular flexibility index (Phi) is 3.51. The van der Waals surface area contributed by atoms with E-state index >= 15 is 0 Å². The molecule has 2 aromatic rings. The summed E-state index contributed by atoms with van der Waals surface area (Å²) < 4.78 is 1.10. The van der Waals surface area contributed by atoms with Crippen molar-refractivity contribution >= 4 is 21.7 Å². The molecule has 0 aliphatic heterocycles. The fourth-order valence-corrected chi connectivity index (χ4v) is 1.80. The van der Waals surface area contributed by atoms with E-state index in [1.54, 1.807) is 6.33 Å². The number of hydrogen-bond acceptors (Lipinski definition) is 3. The summed E-state index contributed by atoms with van der Waals surface area (Å²) >= 11 is 3.51. The average Bonchev–Trinajstić information content (AvgIpc) is 2.28. The fourth-order valence-electron chi connectivity index (χ4n) is 1.38. The lowest BCUT2D eigenvalue weighted by atomic mass is 10.2. The highest BCUT2D eigenvalue weighted by atomic mass is 79.9. The highest BCUT2D eigenvalue weighted by Crippen LogP contribution is 2.16.